The van der Waals surface area contributed by atoms with E-state index in [9.17, 15) is 18.0 Å². The molecule has 0 saturated carbocycles. The minimum atomic E-state index is -3.65. The molecule has 0 radical (unpaired) electrons. The van der Waals surface area contributed by atoms with Crippen LogP contribution in [0.4, 0.5) is 0 Å². The summed E-state index contributed by atoms with van der Waals surface area (Å²) in [5.41, 5.74) is 2.12. The van der Waals surface area contributed by atoms with Crippen LogP contribution in [0.3, 0.4) is 0 Å². The molecule has 0 spiro atoms. The van der Waals surface area contributed by atoms with Crippen LogP contribution < -0.4 is 4.72 Å². The first-order chi connectivity index (χ1) is 13.3. The minimum absolute atomic E-state index is 0.00697. The van der Waals surface area contributed by atoms with Gasteiger partial charge in [0.05, 0.1) is 5.75 Å². The van der Waals surface area contributed by atoms with Gasteiger partial charge in [-0.15, -0.1) is 0 Å². The maximum atomic E-state index is 11.9. The van der Waals surface area contributed by atoms with Crippen LogP contribution in [-0.2, 0) is 19.6 Å². The molecule has 0 aromatic rings. The van der Waals surface area contributed by atoms with Gasteiger partial charge in [0, 0.05) is 37.7 Å². The van der Waals surface area contributed by atoms with E-state index in [4.69, 9.17) is 23.8 Å². The molecule has 7 nitrogen and oxygen atoms in total. The van der Waals surface area contributed by atoms with Crippen molar-refractivity contribution in [3.05, 3.63) is 36.0 Å². The topological polar surface area (TPSA) is 86.8 Å². The molecule has 0 saturated heterocycles. The first-order valence-corrected chi connectivity index (χ1v) is 11.5. The average Bonchev–Trinajstić information content (AvgIpc) is 2.57. The molecule has 0 aliphatic heterocycles. The third-order valence-corrected chi connectivity index (χ3v) is 5.45. The number of carbonyl (C=O) groups is 2. The summed E-state index contributed by atoms with van der Waals surface area (Å²) in [6.07, 6.45) is 5.34. The van der Waals surface area contributed by atoms with Gasteiger partial charge in [0.15, 0.2) is 5.11 Å². The van der Waals surface area contributed by atoms with E-state index in [0.29, 0.717) is 17.4 Å². The summed E-state index contributed by atoms with van der Waals surface area (Å²) >= 11 is 10.5. The Morgan fingerprint density at radius 1 is 1.24 bits per heavy atom. The van der Waals surface area contributed by atoms with Gasteiger partial charge in [-0.05, 0) is 46.3 Å². The van der Waals surface area contributed by atoms with Gasteiger partial charge in [0.2, 0.25) is 21.8 Å². The van der Waals surface area contributed by atoms with Crippen LogP contribution >= 0.6 is 23.8 Å². The molecule has 0 bridgehead atoms. The number of allylic oxidation sites excluding steroid dienone is 4. The molecule has 1 N–H and O–H groups in total. The van der Waals surface area contributed by atoms with E-state index in [-0.39, 0.29) is 24.1 Å². The summed E-state index contributed by atoms with van der Waals surface area (Å²) < 4.78 is 25.3. The molecule has 0 rings (SSSR count). The maximum Gasteiger partial charge on any atom is 0.234 e. The van der Waals surface area contributed by atoms with Gasteiger partial charge in [-0.25, -0.2) is 8.42 Å². The zero-order chi connectivity index (χ0) is 23.2. The first-order valence-electron chi connectivity index (χ1n) is 8.97. The van der Waals surface area contributed by atoms with Gasteiger partial charge in [0.1, 0.15) is 0 Å². The minimum Gasteiger partial charge on any atom is -0.346 e. The second kappa shape index (κ2) is 15.2. The van der Waals surface area contributed by atoms with Gasteiger partial charge >= 0.3 is 0 Å². The number of amides is 2. The highest BCUT2D eigenvalue weighted by Gasteiger charge is 2.24. The van der Waals surface area contributed by atoms with Crippen molar-refractivity contribution < 1.29 is 18.0 Å². The molecule has 0 aromatic carbocycles. The fourth-order valence-electron chi connectivity index (χ4n) is 2.11. The Bertz CT molecular complexity index is 732. The normalized spacial score (nSPS) is 11.5. The fraction of sp³-hybridized carbons (Fsp3) is 0.526. The van der Waals surface area contributed by atoms with E-state index in [2.05, 4.69) is 6.58 Å². The summed E-state index contributed by atoms with van der Waals surface area (Å²) in [5.74, 6) is -1.01. The number of sulfonamides is 1. The molecular formula is C19H32ClN3O4S2. The Labute approximate surface area is 185 Å². The van der Waals surface area contributed by atoms with Crippen LogP contribution in [0.1, 0.15) is 48.0 Å². The highest BCUT2D eigenvalue weighted by Crippen LogP contribution is 2.13. The van der Waals surface area contributed by atoms with Crippen molar-refractivity contribution in [2.45, 2.75) is 54.0 Å². The summed E-state index contributed by atoms with van der Waals surface area (Å²) in [6.45, 7) is 13.7. The van der Waals surface area contributed by atoms with Crippen LogP contribution in [-0.4, -0.2) is 53.5 Å². The number of hydrogen-bond acceptors (Lipinski definition) is 5. The van der Waals surface area contributed by atoms with Gasteiger partial charge < -0.3 is 4.90 Å². The highest BCUT2D eigenvalue weighted by molar-refractivity contribution is 7.90. The molecule has 0 heterocycles. The molecule has 0 aromatic heterocycles. The molecule has 29 heavy (non-hydrogen) atoms. The van der Waals surface area contributed by atoms with Crippen LogP contribution in [0, 0.1) is 0 Å². The van der Waals surface area contributed by atoms with E-state index in [1.54, 1.807) is 30.1 Å². The van der Waals surface area contributed by atoms with Crippen molar-refractivity contribution in [3.8, 4) is 0 Å². The molecule has 0 aliphatic carbocycles. The van der Waals surface area contributed by atoms with Crippen molar-refractivity contribution in [2.24, 2.45) is 0 Å². The highest BCUT2D eigenvalue weighted by atomic mass is 35.5. The lowest BCUT2D eigenvalue weighted by atomic mass is 10.3. The van der Waals surface area contributed by atoms with E-state index in [0.717, 1.165) is 6.92 Å². The number of carbonyl (C=O) groups excluding carboxylic acids is 2. The second-order valence-electron chi connectivity index (χ2n) is 6.24. The predicted octanol–water partition coefficient (Wildman–Crippen LogP) is 3.53. The third kappa shape index (κ3) is 13.2. The average molecular weight is 466 g/mol. The molecule has 0 atom stereocenters. The Hall–Kier alpha value is -1.71. The standard InChI is InChI=1S/C15H27N3O4S2.C4H5Cl/c1-7-12(4)18(14(6)20)15(23)17(11(2)3)9-8-10-24(21,22)16-13(5)19;1-2-3-4-5/h7,11H,8-10H2,1-6H3,(H,16,19);2-4H,1H2/b12-7+;4-3+. The number of thiocarbonyl (C=S) groups is 1. The number of rotatable bonds is 8. The molecule has 0 unspecified atom stereocenters. The summed E-state index contributed by atoms with van der Waals surface area (Å²) in [7, 11) is -3.65. The molecule has 0 fully saturated rings. The predicted molar refractivity (Wildman–Crippen MR) is 124 cm³/mol. The van der Waals surface area contributed by atoms with Crippen molar-refractivity contribution in [1.29, 1.82) is 0 Å². The summed E-state index contributed by atoms with van der Waals surface area (Å²) in [6, 6.07) is -0.00697. The van der Waals surface area contributed by atoms with E-state index in [1.807, 2.05) is 25.5 Å². The van der Waals surface area contributed by atoms with Crippen molar-refractivity contribution in [2.75, 3.05) is 12.3 Å². The summed E-state index contributed by atoms with van der Waals surface area (Å²) in [5, 5.41) is 0.338. The Balaban J connectivity index is 0. The number of hydrogen-bond donors (Lipinski definition) is 1. The molecule has 10 heteroatoms. The maximum absolute atomic E-state index is 11.9. The number of halogens is 1. The van der Waals surface area contributed by atoms with Crippen LogP contribution in [0.2, 0.25) is 0 Å². The van der Waals surface area contributed by atoms with E-state index in [1.165, 1.54) is 17.4 Å². The van der Waals surface area contributed by atoms with E-state index >= 15 is 0 Å². The van der Waals surface area contributed by atoms with Gasteiger partial charge in [-0.2, -0.15) is 0 Å². The van der Waals surface area contributed by atoms with E-state index < -0.39 is 15.9 Å². The lowest BCUT2D eigenvalue weighted by Crippen LogP contribution is -2.48. The zero-order valence-electron chi connectivity index (χ0n) is 17.9. The summed E-state index contributed by atoms with van der Waals surface area (Å²) in [4.78, 5) is 26.0. The van der Waals surface area contributed by atoms with Gasteiger partial charge in [-0.1, -0.05) is 36.4 Å². The third-order valence-electron chi connectivity index (χ3n) is 3.47. The quantitative estimate of drug-likeness (QED) is 0.435. The monoisotopic (exact) mass is 465 g/mol. The SMILES string of the molecule is C/C=C(\C)N(C(C)=O)C(=S)N(CCCS(=O)(=O)NC(C)=O)C(C)C.C=C/C=C/Cl. The number of nitrogens with one attached hydrogen (secondary N) is 1. The lowest BCUT2D eigenvalue weighted by molar-refractivity contribution is -0.124. The van der Waals surface area contributed by atoms with Crippen molar-refractivity contribution >= 4 is 50.8 Å². The molecular weight excluding hydrogens is 434 g/mol. The van der Waals surface area contributed by atoms with Crippen molar-refractivity contribution in [1.82, 2.24) is 14.5 Å². The van der Waals surface area contributed by atoms with Crippen LogP contribution in [0.25, 0.3) is 0 Å². The second-order valence-corrected chi connectivity index (χ2v) is 8.70. The lowest BCUT2D eigenvalue weighted by Gasteiger charge is -2.35. The van der Waals surface area contributed by atoms with Gasteiger partial charge in [0.25, 0.3) is 0 Å². The first kappa shape index (κ1) is 29.5. The number of nitrogens with zero attached hydrogens (tertiary/aromatic N) is 2. The van der Waals surface area contributed by atoms with Crippen LogP contribution in [0.15, 0.2) is 36.0 Å². The Kier molecular flexibility index (Phi) is 15.4. The zero-order valence-corrected chi connectivity index (χ0v) is 20.3. The van der Waals surface area contributed by atoms with Crippen LogP contribution in [0.5, 0.6) is 0 Å². The van der Waals surface area contributed by atoms with Crippen molar-refractivity contribution in [3.63, 3.8) is 0 Å². The fourth-order valence-corrected chi connectivity index (χ4v) is 3.84. The molecule has 166 valence electrons. The van der Waals surface area contributed by atoms with Gasteiger partial charge in [-0.3, -0.25) is 19.2 Å². The molecule has 0 aliphatic rings. The smallest absolute Gasteiger partial charge is 0.234 e. The Morgan fingerprint density at radius 2 is 1.79 bits per heavy atom. The Morgan fingerprint density at radius 3 is 2.10 bits per heavy atom. The largest absolute Gasteiger partial charge is 0.346 e. The molecule has 2 amide bonds.